The van der Waals surface area contributed by atoms with Crippen LogP contribution in [-0.2, 0) is 14.4 Å². The minimum atomic E-state index is -0.197. The van der Waals surface area contributed by atoms with Gasteiger partial charge in [0.05, 0.1) is 29.7 Å². The van der Waals surface area contributed by atoms with Crippen molar-refractivity contribution in [3.63, 3.8) is 0 Å². The van der Waals surface area contributed by atoms with E-state index in [4.69, 9.17) is 4.84 Å². The summed E-state index contributed by atoms with van der Waals surface area (Å²) in [6, 6.07) is 9.99. The molecule has 7 heteroatoms. The second-order valence-electron chi connectivity index (χ2n) is 8.62. The largest absolute Gasteiger partial charge is 0.368 e. The molecule has 0 radical (unpaired) electrons. The second kappa shape index (κ2) is 7.86. The zero-order valence-electron chi connectivity index (χ0n) is 16.9. The Bertz CT molecular complexity index is 885. The van der Waals surface area contributed by atoms with E-state index in [-0.39, 0.29) is 35.5 Å². The maximum absolute atomic E-state index is 12.6. The first-order valence-corrected chi connectivity index (χ1v) is 10.8. The number of hydrogen-bond acceptors (Lipinski definition) is 6. The van der Waals surface area contributed by atoms with Crippen molar-refractivity contribution in [3.8, 4) is 6.07 Å². The summed E-state index contributed by atoms with van der Waals surface area (Å²) in [5.74, 6) is -0.257. The van der Waals surface area contributed by atoms with Crippen LogP contribution in [0.5, 0.6) is 0 Å². The van der Waals surface area contributed by atoms with E-state index in [1.807, 2.05) is 24.3 Å². The Kier molecular flexibility index (Phi) is 5.05. The molecule has 5 rings (SSSR count). The first kappa shape index (κ1) is 19.3. The SMILES string of the molecule is N#Cc1ccccc1N1CCN(CCCON2C(=O)C3C(C2=O)[C@H]2C=C[C@@H]3C2)CC1. The van der Waals surface area contributed by atoms with Crippen LogP contribution in [-0.4, -0.2) is 61.1 Å². The van der Waals surface area contributed by atoms with Crippen LogP contribution >= 0.6 is 0 Å². The fraction of sp³-hybridized carbons (Fsp3) is 0.522. The molecular weight excluding hydrogens is 380 g/mol. The molecule has 2 aliphatic heterocycles. The first-order chi connectivity index (χ1) is 14.7. The van der Waals surface area contributed by atoms with Crippen LogP contribution in [0.15, 0.2) is 36.4 Å². The molecule has 1 aromatic carbocycles. The highest BCUT2D eigenvalue weighted by atomic mass is 16.7. The quantitative estimate of drug-likeness (QED) is 0.407. The third-order valence-corrected chi connectivity index (χ3v) is 7.01. The maximum atomic E-state index is 12.6. The zero-order chi connectivity index (χ0) is 20.7. The van der Waals surface area contributed by atoms with E-state index >= 15 is 0 Å². The fourth-order valence-corrected chi connectivity index (χ4v) is 5.50. The van der Waals surface area contributed by atoms with Gasteiger partial charge in [-0.3, -0.25) is 19.3 Å². The first-order valence-electron chi connectivity index (χ1n) is 10.8. The van der Waals surface area contributed by atoms with Crippen molar-refractivity contribution < 1.29 is 14.4 Å². The summed E-state index contributed by atoms with van der Waals surface area (Å²) in [4.78, 5) is 35.5. The molecule has 0 N–H and O–H groups in total. The third kappa shape index (κ3) is 3.21. The predicted octanol–water partition coefficient (Wildman–Crippen LogP) is 1.81. The molecule has 1 saturated carbocycles. The summed E-state index contributed by atoms with van der Waals surface area (Å²) in [7, 11) is 0. The van der Waals surface area contributed by atoms with Crippen molar-refractivity contribution >= 4 is 17.5 Å². The summed E-state index contributed by atoms with van der Waals surface area (Å²) in [5, 5.41) is 10.4. The van der Waals surface area contributed by atoms with E-state index in [1.54, 1.807) is 0 Å². The van der Waals surface area contributed by atoms with Crippen LogP contribution < -0.4 is 4.90 Å². The number of nitrogens with zero attached hydrogens (tertiary/aromatic N) is 4. The topological polar surface area (TPSA) is 76.9 Å². The molecule has 2 amide bonds. The van der Waals surface area contributed by atoms with Gasteiger partial charge in [-0.15, -0.1) is 0 Å². The van der Waals surface area contributed by atoms with Gasteiger partial charge in [-0.25, -0.2) is 0 Å². The van der Waals surface area contributed by atoms with Crippen molar-refractivity contribution in [1.82, 2.24) is 9.96 Å². The van der Waals surface area contributed by atoms with Gasteiger partial charge in [0.15, 0.2) is 0 Å². The van der Waals surface area contributed by atoms with Crippen LogP contribution in [0.2, 0.25) is 0 Å². The van der Waals surface area contributed by atoms with Crippen LogP contribution in [0.1, 0.15) is 18.4 Å². The highest BCUT2D eigenvalue weighted by molar-refractivity contribution is 6.05. The number of hydroxylamine groups is 2. The highest BCUT2D eigenvalue weighted by Gasteiger charge is 2.60. The lowest BCUT2D eigenvalue weighted by molar-refractivity contribution is -0.190. The highest BCUT2D eigenvalue weighted by Crippen LogP contribution is 2.52. The number of benzene rings is 1. The zero-order valence-corrected chi connectivity index (χ0v) is 16.9. The monoisotopic (exact) mass is 406 g/mol. The molecule has 3 fully saturated rings. The normalized spacial score (nSPS) is 30.2. The number of nitriles is 1. The minimum Gasteiger partial charge on any atom is -0.368 e. The summed E-state index contributed by atoms with van der Waals surface area (Å²) in [6.45, 7) is 4.82. The number of anilines is 1. The van der Waals surface area contributed by atoms with Crippen molar-refractivity contribution in [2.75, 3.05) is 44.2 Å². The number of rotatable bonds is 6. The number of fused-ring (bicyclic) bond motifs is 5. The minimum absolute atomic E-state index is 0.147. The molecule has 156 valence electrons. The number of imide groups is 1. The Balaban J connectivity index is 1.06. The molecule has 4 aliphatic rings. The van der Waals surface area contributed by atoms with E-state index in [9.17, 15) is 14.9 Å². The number of carbonyl (C=O) groups excluding carboxylic acids is 2. The number of piperazine rings is 1. The lowest BCUT2D eigenvalue weighted by Crippen LogP contribution is -2.47. The molecule has 2 saturated heterocycles. The molecule has 2 aliphatic carbocycles. The number of para-hydroxylation sites is 1. The maximum Gasteiger partial charge on any atom is 0.258 e. The number of amides is 2. The summed E-state index contributed by atoms with van der Waals surface area (Å²) < 4.78 is 0. The molecule has 2 unspecified atom stereocenters. The van der Waals surface area contributed by atoms with Crippen molar-refractivity contribution in [2.45, 2.75) is 12.8 Å². The summed E-state index contributed by atoms with van der Waals surface area (Å²) >= 11 is 0. The number of hydrogen-bond donors (Lipinski definition) is 0. The summed E-state index contributed by atoms with van der Waals surface area (Å²) in [5.41, 5.74) is 1.72. The Morgan fingerprint density at radius 3 is 2.33 bits per heavy atom. The lowest BCUT2D eigenvalue weighted by atomic mass is 9.85. The average Bonchev–Trinajstić information content (AvgIpc) is 3.46. The average molecular weight is 406 g/mol. The van der Waals surface area contributed by atoms with E-state index in [1.165, 1.54) is 0 Å². The summed E-state index contributed by atoms with van der Waals surface area (Å²) in [6.07, 6.45) is 5.89. The predicted molar refractivity (Wildman–Crippen MR) is 110 cm³/mol. The fourth-order valence-electron chi connectivity index (χ4n) is 5.50. The number of allylic oxidation sites excluding steroid dienone is 2. The molecule has 2 bridgehead atoms. The van der Waals surface area contributed by atoms with Crippen LogP contribution in [0.4, 0.5) is 5.69 Å². The van der Waals surface area contributed by atoms with Gasteiger partial charge in [0, 0.05) is 32.7 Å². The smallest absolute Gasteiger partial charge is 0.258 e. The van der Waals surface area contributed by atoms with E-state index < -0.39 is 0 Å². The van der Waals surface area contributed by atoms with Gasteiger partial charge in [0.25, 0.3) is 11.8 Å². The molecule has 30 heavy (non-hydrogen) atoms. The van der Waals surface area contributed by atoms with E-state index in [2.05, 4.69) is 28.0 Å². The molecule has 0 aromatic heterocycles. The Labute approximate surface area is 176 Å². The van der Waals surface area contributed by atoms with Gasteiger partial charge >= 0.3 is 0 Å². The van der Waals surface area contributed by atoms with Crippen LogP contribution in [0.25, 0.3) is 0 Å². The lowest BCUT2D eigenvalue weighted by Gasteiger charge is -2.36. The van der Waals surface area contributed by atoms with Gasteiger partial charge < -0.3 is 4.90 Å². The standard InChI is InChI=1S/C23H26N4O3/c24-15-18-4-1-2-5-19(18)26-11-9-25(10-12-26)8-3-13-30-27-22(28)20-16-6-7-17(14-16)21(20)23(27)29/h1-2,4-7,16-17,20-21H,3,8-14H2/t16-,17+,20?,21?. The Hall–Kier alpha value is -2.69. The van der Waals surface area contributed by atoms with Gasteiger partial charge in [-0.1, -0.05) is 24.3 Å². The molecule has 4 atom stereocenters. The van der Waals surface area contributed by atoms with Gasteiger partial charge in [0.2, 0.25) is 0 Å². The third-order valence-electron chi connectivity index (χ3n) is 7.01. The van der Waals surface area contributed by atoms with Crippen molar-refractivity contribution in [3.05, 3.63) is 42.0 Å². The van der Waals surface area contributed by atoms with Gasteiger partial charge in [0.1, 0.15) is 6.07 Å². The van der Waals surface area contributed by atoms with Crippen LogP contribution in [0.3, 0.4) is 0 Å². The van der Waals surface area contributed by atoms with Gasteiger partial charge in [-0.2, -0.15) is 10.3 Å². The molecular formula is C23H26N4O3. The van der Waals surface area contributed by atoms with Crippen molar-refractivity contribution in [2.24, 2.45) is 23.7 Å². The van der Waals surface area contributed by atoms with E-state index in [0.717, 1.165) is 56.3 Å². The molecule has 7 nitrogen and oxygen atoms in total. The Morgan fingerprint density at radius 2 is 1.67 bits per heavy atom. The molecule has 1 aromatic rings. The molecule has 2 heterocycles. The van der Waals surface area contributed by atoms with Crippen molar-refractivity contribution in [1.29, 1.82) is 5.26 Å². The van der Waals surface area contributed by atoms with E-state index in [0.29, 0.717) is 12.2 Å². The number of carbonyl (C=O) groups is 2. The van der Waals surface area contributed by atoms with Crippen LogP contribution in [0, 0.1) is 35.0 Å². The van der Waals surface area contributed by atoms with Gasteiger partial charge in [-0.05, 0) is 36.8 Å². The second-order valence-corrected chi connectivity index (χ2v) is 8.62. The Morgan fingerprint density at radius 1 is 1.00 bits per heavy atom. The molecule has 0 spiro atoms.